The van der Waals surface area contributed by atoms with Gasteiger partial charge in [0, 0.05) is 18.7 Å². The predicted octanol–water partition coefficient (Wildman–Crippen LogP) is 1.88. The minimum atomic E-state index is -0.143. The molecule has 0 heterocycles. The molecule has 0 saturated heterocycles. The van der Waals surface area contributed by atoms with Gasteiger partial charge in [0.25, 0.3) is 0 Å². The van der Waals surface area contributed by atoms with E-state index in [1.165, 1.54) is 6.08 Å². The van der Waals surface area contributed by atoms with Gasteiger partial charge >= 0.3 is 0 Å². The van der Waals surface area contributed by atoms with Gasteiger partial charge in [0.2, 0.25) is 5.91 Å². The van der Waals surface area contributed by atoms with Crippen LogP contribution in [0.3, 0.4) is 0 Å². The SMILES string of the molecule is N#CCOc1ccc(/C=C/C(=O)NC(CCO)C2CC2)cc1. The van der Waals surface area contributed by atoms with E-state index in [2.05, 4.69) is 5.32 Å². The Morgan fingerprint density at radius 2 is 2.18 bits per heavy atom. The van der Waals surface area contributed by atoms with E-state index in [4.69, 9.17) is 15.1 Å². The Labute approximate surface area is 130 Å². The van der Waals surface area contributed by atoms with E-state index < -0.39 is 0 Å². The van der Waals surface area contributed by atoms with Crippen molar-refractivity contribution in [1.82, 2.24) is 5.32 Å². The molecule has 1 fully saturated rings. The Hall–Kier alpha value is -2.32. The summed E-state index contributed by atoms with van der Waals surface area (Å²) in [4.78, 5) is 11.9. The lowest BCUT2D eigenvalue weighted by molar-refractivity contribution is -0.117. The molecule has 1 aromatic rings. The minimum absolute atomic E-state index is 0.0189. The van der Waals surface area contributed by atoms with Crippen LogP contribution in [-0.2, 0) is 4.79 Å². The van der Waals surface area contributed by atoms with Crippen LogP contribution >= 0.6 is 0 Å². The largest absolute Gasteiger partial charge is 0.479 e. The normalized spacial score (nSPS) is 15.3. The summed E-state index contributed by atoms with van der Waals surface area (Å²) < 4.78 is 5.16. The van der Waals surface area contributed by atoms with E-state index in [0.717, 1.165) is 18.4 Å². The van der Waals surface area contributed by atoms with Crippen LogP contribution in [0.1, 0.15) is 24.8 Å². The molecule has 116 valence electrons. The Balaban J connectivity index is 1.84. The summed E-state index contributed by atoms with van der Waals surface area (Å²) in [5.74, 6) is 0.996. The molecule has 1 aliphatic rings. The number of nitriles is 1. The molecule has 1 saturated carbocycles. The van der Waals surface area contributed by atoms with Crippen molar-refractivity contribution in [2.75, 3.05) is 13.2 Å². The maximum absolute atomic E-state index is 11.9. The number of aliphatic hydroxyl groups is 1. The first kappa shape index (κ1) is 16.1. The van der Waals surface area contributed by atoms with Crippen molar-refractivity contribution in [3.05, 3.63) is 35.9 Å². The fraction of sp³-hybridized carbons (Fsp3) is 0.412. The lowest BCUT2D eigenvalue weighted by Crippen LogP contribution is -2.36. The van der Waals surface area contributed by atoms with Gasteiger partial charge in [-0.3, -0.25) is 4.79 Å². The third kappa shape index (κ3) is 5.23. The first-order valence-electron chi connectivity index (χ1n) is 7.42. The highest BCUT2D eigenvalue weighted by atomic mass is 16.5. The summed E-state index contributed by atoms with van der Waals surface area (Å²) in [6.07, 6.45) is 6.08. The number of carbonyl (C=O) groups excluding carboxylic acids is 1. The van der Waals surface area contributed by atoms with E-state index in [-0.39, 0.29) is 25.2 Å². The van der Waals surface area contributed by atoms with E-state index in [0.29, 0.717) is 18.1 Å². The Bertz CT molecular complexity index is 556. The summed E-state index contributed by atoms with van der Waals surface area (Å²) in [6, 6.07) is 9.14. The average molecular weight is 300 g/mol. The number of carbonyl (C=O) groups is 1. The van der Waals surface area contributed by atoms with E-state index in [1.54, 1.807) is 18.2 Å². The molecule has 1 amide bonds. The van der Waals surface area contributed by atoms with Gasteiger partial charge in [0.15, 0.2) is 6.61 Å². The van der Waals surface area contributed by atoms with Gasteiger partial charge in [-0.25, -0.2) is 0 Å². The van der Waals surface area contributed by atoms with Gasteiger partial charge in [-0.05, 0) is 49.0 Å². The van der Waals surface area contributed by atoms with Crippen LogP contribution in [0.2, 0.25) is 0 Å². The fourth-order valence-corrected chi connectivity index (χ4v) is 2.26. The maximum atomic E-state index is 11.9. The minimum Gasteiger partial charge on any atom is -0.479 e. The van der Waals surface area contributed by atoms with E-state index in [9.17, 15) is 4.79 Å². The Morgan fingerprint density at radius 3 is 2.77 bits per heavy atom. The molecule has 5 heteroatoms. The number of aliphatic hydroxyl groups excluding tert-OH is 1. The van der Waals surface area contributed by atoms with Gasteiger partial charge in [0.05, 0.1) is 0 Å². The lowest BCUT2D eigenvalue weighted by atomic mass is 10.1. The Morgan fingerprint density at radius 1 is 1.45 bits per heavy atom. The molecular weight excluding hydrogens is 280 g/mol. The molecule has 2 N–H and O–H groups in total. The zero-order valence-electron chi connectivity index (χ0n) is 12.4. The van der Waals surface area contributed by atoms with Crippen molar-refractivity contribution in [2.24, 2.45) is 5.92 Å². The molecule has 1 aliphatic carbocycles. The molecule has 1 aromatic carbocycles. The summed E-state index contributed by atoms with van der Waals surface area (Å²) in [6.45, 7) is 0.111. The second kappa shape index (κ2) is 8.20. The van der Waals surface area contributed by atoms with Gasteiger partial charge in [-0.15, -0.1) is 0 Å². The number of nitrogens with one attached hydrogen (secondary N) is 1. The van der Waals surface area contributed by atoms with Crippen LogP contribution in [0, 0.1) is 17.2 Å². The zero-order valence-corrected chi connectivity index (χ0v) is 12.4. The summed E-state index contributed by atoms with van der Waals surface area (Å²) >= 11 is 0. The quantitative estimate of drug-likeness (QED) is 0.718. The third-order valence-corrected chi connectivity index (χ3v) is 3.57. The van der Waals surface area contributed by atoms with Gasteiger partial charge in [-0.2, -0.15) is 5.26 Å². The smallest absolute Gasteiger partial charge is 0.244 e. The number of ether oxygens (including phenoxy) is 1. The fourth-order valence-electron chi connectivity index (χ4n) is 2.26. The maximum Gasteiger partial charge on any atom is 0.244 e. The number of amides is 1. The zero-order chi connectivity index (χ0) is 15.8. The van der Waals surface area contributed by atoms with Gasteiger partial charge in [-0.1, -0.05) is 12.1 Å². The molecule has 1 atom stereocenters. The van der Waals surface area contributed by atoms with Crippen LogP contribution in [0.4, 0.5) is 0 Å². The van der Waals surface area contributed by atoms with Crippen LogP contribution in [-0.4, -0.2) is 30.3 Å². The summed E-state index contributed by atoms with van der Waals surface area (Å²) in [7, 11) is 0. The summed E-state index contributed by atoms with van der Waals surface area (Å²) in [5.41, 5.74) is 0.879. The topological polar surface area (TPSA) is 82.3 Å². The lowest BCUT2D eigenvalue weighted by Gasteiger charge is -2.15. The number of hydrogen-bond donors (Lipinski definition) is 2. The highest BCUT2D eigenvalue weighted by molar-refractivity contribution is 5.91. The van der Waals surface area contributed by atoms with Gasteiger partial charge < -0.3 is 15.2 Å². The highest BCUT2D eigenvalue weighted by Crippen LogP contribution is 2.33. The molecule has 1 unspecified atom stereocenters. The van der Waals surface area contributed by atoms with Crippen molar-refractivity contribution in [3.63, 3.8) is 0 Å². The summed E-state index contributed by atoms with van der Waals surface area (Å²) in [5, 5.41) is 20.4. The number of hydrogen-bond acceptors (Lipinski definition) is 4. The molecule has 5 nitrogen and oxygen atoms in total. The average Bonchev–Trinajstić information content (AvgIpc) is 3.36. The van der Waals surface area contributed by atoms with Crippen molar-refractivity contribution >= 4 is 12.0 Å². The second-order valence-electron chi connectivity index (χ2n) is 5.31. The van der Waals surface area contributed by atoms with Crippen LogP contribution in [0.5, 0.6) is 5.75 Å². The second-order valence-corrected chi connectivity index (χ2v) is 5.31. The predicted molar refractivity (Wildman–Crippen MR) is 82.9 cm³/mol. The van der Waals surface area contributed by atoms with E-state index in [1.807, 2.05) is 18.2 Å². The monoisotopic (exact) mass is 300 g/mol. The van der Waals surface area contributed by atoms with Crippen LogP contribution < -0.4 is 10.1 Å². The molecule has 22 heavy (non-hydrogen) atoms. The van der Waals surface area contributed by atoms with Crippen molar-refractivity contribution in [3.8, 4) is 11.8 Å². The standard InChI is InChI=1S/C17H20N2O3/c18-10-12-22-15-6-1-13(2-7-15)3-8-17(21)19-16(9-11-20)14-4-5-14/h1-3,6-8,14,16,20H,4-5,9,11-12H2,(H,19,21)/b8-3+. The van der Waals surface area contributed by atoms with Crippen LogP contribution in [0.25, 0.3) is 6.08 Å². The third-order valence-electron chi connectivity index (χ3n) is 3.57. The van der Waals surface area contributed by atoms with Crippen LogP contribution in [0.15, 0.2) is 30.3 Å². The molecule has 0 radical (unpaired) electrons. The van der Waals surface area contributed by atoms with Crippen molar-refractivity contribution < 1.29 is 14.6 Å². The molecule has 2 rings (SSSR count). The molecule has 0 bridgehead atoms. The molecule has 0 spiro atoms. The van der Waals surface area contributed by atoms with Crippen molar-refractivity contribution in [1.29, 1.82) is 5.26 Å². The molecule has 0 aromatic heterocycles. The first-order valence-corrected chi connectivity index (χ1v) is 7.42. The van der Waals surface area contributed by atoms with Gasteiger partial charge in [0.1, 0.15) is 11.8 Å². The number of nitrogens with zero attached hydrogens (tertiary/aromatic N) is 1. The first-order chi connectivity index (χ1) is 10.7. The van der Waals surface area contributed by atoms with Crippen molar-refractivity contribution in [2.45, 2.75) is 25.3 Å². The Kier molecular flexibility index (Phi) is 5.99. The number of benzene rings is 1. The highest BCUT2D eigenvalue weighted by Gasteiger charge is 2.31. The van der Waals surface area contributed by atoms with E-state index >= 15 is 0 Å². The molecular formula is C17H20N2O3. The molecule has 0 aliphatic heterocycles. The number of rotatable bonds is 8.